The minimum Gasteiger partial charge on any atom is -0.0525 e. The Labute approximate surface area is 75.7 Å². The molecule has 0 aliphatic heterocycles. The van der Waals surface area contributed by atoms with Gasteiger partial charge in [-0.3, -0.25) is 0 Å². The Hall–Kier alpha value is -0.130. The molecule has 0 bridgehead atoms. The van der Waals surface area contributed by atoms with Crippen LogP contribution in [0.5, 0.6) is 0 Å². The van der Waals surface area contributed by atoms with E-state index in [1.54, 1.807) is 19.3 Å². The van der Waals surface area contributed by atoms with Gasteiger partial charge in [-0.15, -0.1) is 0 Å². The molecular formula is C12H19+. The van der Waals surface area contributed by atoms with E-state index in [0.717, 1.165) is 17.8 Å². The van der Waals surface area contributed by atoms with Gasteiger partial charge >= 0.3 is 0 Å². The highest BCUT2D eigenvalue weighted by molar-refractivity contribution is 5.18. The molecule has 0 heteroatoms. The van der Waals surface area contributed by atoms with Crippen molar-refractivity contribution in [2.45, 2.75) is 51.4 Å². The Morgan fingerprint density at radius 2 is 1.42 bits per heavy atom. The molecule has 0 amide bonds. The molecule has 0 heterocycles. The van der Waals surface area contributed by atoms with E-state index in [0.29, 0.717) is 0 Å². The van der Waals surface area contributed by atoms with Crippen molar-refractivity contribution in [2.24, 2.45) is 17.8 Å². The number of rotatable bonds is 0. The first-order chi connectivity index (χ1) is 5.97. The summed E-state index contributed by atoms with van der Waals surface area (Å²) in [5.74, 6) is 5.40. The molecular weight excluding hydrogens is 144 g/mol. The van der Waals surface area contributed by atoms with Crippen molar-refractivity contribution < 1.29 is 0 Å². The smallest absolute Gasteiger partial charge is 0.0525 e. The molecule has 12 heavy (non-hydrogen) atoms. The number of fused-ring (bicyclic) bond motifs is 4. The molecule has 3 saturated carbocycles. The highest BCUT2D eigenvalue weighted by atomic mass is 14.5. The Morgan fingerprint density at radius 1 is 0.750 bits per heavy atom. The molecule has 3 atom stereocenters. The zero-order valence-corrected chi connectivity index (χ0v) is 7.89. The lowest BCUT2D eigenvalue weighted by Gasteiger charge is -2.47. The highest BCUT2D eigenvalue weighted by Crippen LogP contribution is 2.60. The third-order valence-corrected chi connectivity index (χ3v) is 4.52. The van der Waals surface area contributed by atoms with Gasteiger partial charge in [-0.25, -0.2) is 0 Å². The van der Waals surface area contributed by atoms with Gasteiger partial charge in [0.05, 0.1) is 12.3 Å². The Kier molecular flexibility index (Phi) is 1.63. The molecule has 3 aliphatic rings. The monoisotopic (exact) mass is 163 g/mol. The standard InChI is InChI=1S/C12H19/c1-2-6-10-9(5-1)11-7-3-4-8-12(10)11/h9-11H,1-8H2/q+1. The lowest BCUT2D eigenvalue weighted by molar-refractivity contribution is 0.0354. The van der Waals surface area contributed by atoms with Crippen LogP contribution in [-0.4, -0.2) is 0 Å². The summed E-state index contributed by atoms with van der Waals surface area (Å²) in [5, 5.41) is 0. The molecule has 3 rings (SSSR count). The fraction of sp³-hybridized carbons (Fsp3) is 0.917. The molecule has 3 fully saturated rings. The molecule has 0 aromatic heterocycles. The molecule has 0 saturated heterocycles. The predicted molar refractivity (Wildman–Crippen MR) is 50.6 cm³/mol. The van der Waals surface area contributed by atoms with Gasteiger partial charge < -0.3 is 0 Å². The van der Waals surface area contributed by atoms with Gasteiger partial charge in [0, 0.05) is 5.92 Å². The summed E-state index contributed by atoms with van der Waals surface area (Å²) in [7, 11) is 0. The van der Waals surface area contributed by atoms with Gasteiger partial charge in [0.1, 0.15) is 11.8 Å². The minimum atomic E-state index is 1.11. The molecule has 0 aromatic carbocycles. The molecule has 3 aliphatic carbocycles. The van der Waals surface area contributed by atoms with Crippen molar-refractivity contribution in [3.8, 4) is 0 Å². The van der Waals surface area contributed by atoms with Gasteiger partial charge in [0.15, 0.2) is 0 Å². The van der Waals surface area contributed by atoms with E-state index in [2.05, 4.69) is 0 Å². The van der Waals surface area contributed by atoms with Crippen LogP contribution < -0.4 is 0 Å². The summed E-state index contributed by atoms with van der Waals surface area (Å²) >= 11 is 0. The summed E-state index contributed by atoms with van der Waals surface area (Å²) in [6.45, 7) is 0. The van der Waals surface area contributed by atoms with Crippen LogP contribution in [0.1, 0.15) is 51.4 Å². The zero-order chi connectivity index (χ0) is 7.97. The summed E-state index contributed by atoms with van der Waals surface area (Å²) in [5.41, 5.74) is 0. The molecule has 0 spiro atoms. The van der Waals surface area contributed by atoms with Crippen LogP contribution in [0, 0.1) is 23.7 Å². The Balaban J connectivity index is 1.73. The predicted octanol–water partition coefficient (Wildman–Crippen LogP) is 3.57. The second kappa shape index (κ2) is 2.68. The largest absolute Gasteiger partial charge is 0.108 e. The quantitative estimate of drug-likeness (QED) is 0.479. The first-order valence-electron chi connectivity index (χ1n) is 5.82. The molecule has 0 N–H and O–H groups in total. The van der Waals surface area contributed by atoms with Crippen molar-refractivity contribution in [3.63, 3.8) is 0 Å². The molecule has 0 radical (unpaired) electrons. The van der Waals surface area contributed by atoms with Crippen LogP contribution >= 0.6 is 0 Å². The maximum Gasteiger partial charge on any atom is 0.108 e. The van der Waals surface area contributed by atoms with Gasteiger partial charge in [0.2, 0.25) is 0 Å². The van der Waals surface area contributed by atoms with E-state index >= 15 is 0 Å². The van der Waals surface area contributed by atoms with E-state index in [9.17, 15) is 0 Å². The third-order valence-electron chi connectivity index (χ3n) is 4.52. The lowest BCUT2D eigenvalue weighted by Crippen LogP contribution is -2.48. The average Bonchev–Trinajstić information content (AvgIpc) is 2.14. The summed E-state index contributed by atoms with van der Waals surface area (Å²) in [6, 6.07) is 0. The first-order valence-corrected chi connectivity index (χ1v) is 5.82. The minimum absolute atomic E-state index is 1.11. The van der Waals surface area contributed by atoms with Crippen molar-refractivity contribution in [2.75, 3.05) is 0 Å². The molecule has 3 unspecified atom stereocenters. The topological polar surface area (TPSA) is 0 Å². The van der Waals surface area contributed by atoms with Gasteiger partial charge in [-0.2, -0.15) is 0 Å². The second-order valence-electron chi connectivity index (χ2n) is 4.98. The van der Waals surface area contributed by atoms with Crippen LogP contribution in [0.4, 0.5) is 0 Å². The summed E-state index contributed by atoms with van der Waals surface area (Å²) in [4.78, 5) is 0. The summed E-state index contributed by atoms with van der Waals surface area (Å²) < 4.78 is 0. The maximum absolute atomic E-state index is 2.01. The van der Waals surface area contributed by atoms with Gasteiger partial charge in [-0.1, -0.05) is 6.42 Å². The van der Waals surface area contributed by atoms with Crippen LogP contribution in [0.25, 0.3) is 0 Å². The van der Waals surface area contributed by atoms with Crippen molar-refractivity contribution >= 4 is 0 Å². The first kappa shape index (κ1) is 7.29. The van der Waals surface area contributed by atoms with Gasteiger partial charge in [0.25, 0.3) is 0 Å². The Morgan fingerprint density at radius 3 is 2.25 bits per heavy atom. The highest BCUT2D eigenvalue weighted by Gasteiger charge is 2.60. The molecule has 0 nitrogen and oxygen atoms in total. The second-order valence-corrected chi connectivity index (χ2v) is 4.98. The Bertz CT molecular complexity index is 125. The normalized spacial score (nSPS) is 46.0. The van der Waals surface area contributed by atoms with Crippen molar-refractivity contribution in [1.29, 1.82) is 0 Å². The average molecular weight is 163 g/mol. The van der Waals surface area contributed by atoms with E-state index in [4.69, 9.17) is 0 Å². The van der Waals surface area contributed by atoms with Crippen LogP contribution in [0.15, 0.2) is 0 Å². The maximum atomic E-state index is 2.01. The van der Waals surface area contributed by atoms with Crippen LogP contribution in [0.3, 0.4) is 0 Å². The molecule has 0 aromatic rings. The zero-order valence-electron chi connectivity index (χ0n) is 7.89. The van der Waals surface area contributed by atoms with E-state index in [1.165, 1.54) is 32.1 Å². The van der Waals surface area contributed by atoms with Crippen molar-refractivity contribution in [3.05, 3.63) is 5.92 Å². The molecule has 66 valence electrons. The number of hydrogen-bond acceptors (Lipinski definition) is 0. The van der Waals surface area contributed by atoms with Crippen LogP contribution in [-0.2, 0) is 0 Å². The van der Waals surface area contributed by atoms with Gasteiger partial charge in [-0.05, 0) is 38.5 Å². The lowest BCUT2D eigenvalue weighted by atomic mass is 9.48. The number of hydrogen-bond donors (Lipinski definition) is 0. The van der Waals surface area contributed by atoms with Crippen LogP contribution in [0.2, 0.25) is 0 Å². The third kappa shape index (κ3) is 0.870. The van der Waals surface area contributed by atoms with E-state index in [-0.39, 0.29) is 0 Å². The van der Waals surface area contributed by atoms with Crippen molar-refractivity contribution in [1.82, 2.24) is 0 Å². The van der Waals surface area contributed by atoms with E-state index in [1.807, 2.05) is 5.92 Å². The fourth-order valence-electron chi connectivity index (χ4n) is 4.00. The fourth-order valence-corrected chi connectivity index (χ4v) is 4.00. The SMILES string of the molecule is C1CCC2[C+](C1)C1CCCCC21. The van der Waals surface area contributed by atoms with E-state index < -0.39 is 0 Å². The summed E-state index contributed by atoms with van der Waals surface area (Å²) in [6.07, 6.45) is 12.3.